The Morgan fingerprint density at radius 1 is 0.902 bits per heavy atom. The first kappa shape index (κ1) is 37.7. The molecule has 0 aliphatic carbocycles. The second-order valence-electron chi connectivity index (χ2n) is 12.9. The number of carbonyl (C=O) groups is 6. The molecule has 0 radical (unpaired) electrons. The second kappa shape index (κ2) is 15.8. The van der Waals surface area contributed by atoms with Crippen LogP contribution in [0.3, 0.4) is 0 Å². The van der Waals surface area contributed by atoms with Crippen molar-refractivity contribution in [2.24, 2.45) is 11.8 Å². The van der Waals surface area contributed by atoms with Gasteiger partial charge in [-0.15, -0.1) is 11.8 Å². The number of likely N-dealkylation sites (tertiary alicyclic amines) is 1. The largest absolute Gasteiger partial charge is 0.478 e. The summed E-state index contributed by atoms with van der Waals surface area (Å²) in [5.74, 6) is -6.74. The molecule has 2 aromatic rings. The predicted octanol–water partition coefficient (Wildman–Crippen LogP) is 1.92. The summed E-state index contributed by atoms with van der Waals surface area (Å²) in [5.41, 5.74) is 0.445. The van der Waals surface area contributed by atoms with Crippen molar-refractivity contribution < 1.29 is 49.2 Å². The Morgan fingerprint density at radius 3 is 2.04 bits per heavy atom. The van der Waals surface area contributed by atoms with Gasteiger partial charge in [0.2, 0.25) is 17.7 Å². The summed E-state index contributed by atoms with van der Waals surface area (Å²) in [6.07, 6.45) is -0.703. The quantitative estimate of drug-likeness (QED) is 0.142. The Bertz CT molecular complexity index is 1770. The first-order chi connectivity index (χ1) is 24.1. The van der Waals surface area contributed by atoms with E-state index in [1.807, 2.05) is 0 Å². The van der Waals surface area contributed by atoms with Gasteiger partial charge in [0.25, 0.3) is 0 Å². The van der Waals surface area contributed by atoms with Crippen LogP contribution in [0.2, 0.25) is 0 Å². The molecule has 0 bridgehead atoms. The van der Waals surface area contributed by atoms with Gasteiger partial charge in [-0.25, -0.2) is 14.4 Å². The van der Waals surface area contributed by atoms with Gasteiger partial charge in [0.05, 0.1) is 29.2 Å². The molecule has 8 atom stereocenters. The van der Waals surface area contributed by atoms with Crippen molar-refractivity contribution in [2.45, 2.75) is 61.4 Å². The van der Waals surface area contributed by atoms with Gasteiger partial charge in [-0.05, 0) is 56.2 Å². The van der Waals surface area contributed by atoms with Crippen molar-refractivity contribution in [3.8, 4) is 0 Å². The van der Waals surface area contributed by atoms with Crippen molar-refractivity contribution in [1.82, 2.24) is 15.5 Å². The average molecular weight is 742 g/mol. The third kappa shape index (κ3) is 8.49. The van der Waals surface area contributed by atoms with Crippen LogP contribution < -0.4 is 21.3 Å². The van der Waals surface area contributed by atoms with E-state index >= 15 is 0 Å². The Hall–Kier alpha value is -4.58. The molecule has 0 saturated carbocycles. The molecule has 8 N–H and O–H groups in total. The minimum atomic E-state index is -1.25. The fourth-order valence-electron chi connectivity index (χ4n) is 6.73. The van der Waals surface area contributed by atoms with Crippen LogP contribution in [0.15, 0.2) is 59.1 Å². The molecule has 0 aromatic heterocycles. The zero-order chi connectivity index (χ0) is 37.1. The number of thioether (sulfide) groups is 1. The molecule has 3 heterocycles. The highest BCUT2D eigenvalue weighted by Gasteiger charge is 2.49. The number of aliphatic hydroxyl groups excluding tert-OH is 1. The zero-order valence-electron chi connectivity index (χ0n) is 27.6. The highest BCUT2D eigenvalue weighted by atomic mass is 32.2. The fourth-order valence-corrected chi connectivity index (χ4v) is 8.56. The smallest absolute Gasteiger partial charge is 0.352 e. The molecule has 15 nitrogen and oxygen atoms in total. The Morgan fingerprint density at radius 2 is 1.49 bits per heavy atom. The summed E-state index contributed by atoms with van der Waals surface area (Å²) in [7, 11) is 0. The molecule has 272 valence electrons. The van der Waals surface area contributed by atoms with Crippen LogP contribution in [0, 0.1) is 11.8 Å². The molecule has 5 rings (SSSR count). The molecule has 3 aliphatic rings. The Kier molecular flexibility index (Phi) is 11.6. The fraction of sp³-hybridized carbons (Fsp3) is 0.412. The van der Waals surface area contributed by atoms with Gasteiger partial charge in [0.15, 0.2) is 0 Å². The number of aliphatic hydroxyl groups is 1. The van der Waals surface area contributed by atoms with Gasteiger partial charge < -0.3 is 46.6 Å². The van der Waals surface area contributed by atoms with E-state index in [4.69, 9.17) is 0 Å². The number of amides is 3. The number of thiol groups is 1. The number of carboxylic acids is 3. The maximum Gasteiger partial charge on any atom is 0.352 e. The highest BCUT2D eigenvalue weighted by Crippen LogP contribution is 2.42. The highest BCUT2D eigenvalue weighted by molar-refractivity contribution is 8.03. The maximum atomic E-state index is 14.2. The summed E-state index contributed by atoms with van der Waals surface area (Å²) in [6, 6.07) is 9.10. The third-order valence-electron chi connectivity index (χ3n) is 9.23. The van der Waals surface area contributed by atoms with Gasteiger partial charge in [-0.1, -0.05) is 19.1 Å². The lowest BCUT2D eigenvalue weighted by molar-refractivity contribution is -0.144. The summed E-state index contributed by atoms with van der Waals surface area (Å²) in [4.78, 5) is 77.6. The van der Waals surface area contributed by atoms with Gasteiger partial charge >= 0.3 is 17.9 Å². The normalized spacial score (nSPS) is 25.5. The van der Waals surface area contributed by atoms with E-state index in [-0.39, 0.29) is 51.9 Å². The summed E-state index contributed by atoms with van der Waals surface area (Å²) in [5, 5.41) is 50.6. The molecule has 51 heavy (non-hydrogen) atoms. The molecular weight excluding hydrogens is 703 g/mol. The summed E-state index contributed by atoms with van der Waals surface area (Å²) in [6.45, 7) is 3.65. The van der Waals surface area contributed by atoms with Gasteiger partial charge in [0, 0.05) is 51.8 Å². The zero-order valence-corrected chi connectivity index (χ0v) is 29.3. The van der Waals surface area contributed by atoms with Gasteiger partial charge in [-0.3, -0.25) is 14.4 Å². The van der Waals surface area contributed by atoms with Crippen LogP contribution in [0.5, 0.6) is 0 Å². The number of nitrogens with zero attached hydrogens (tertiary/aromatic N) is 1. The number of hydrogen-bond acceptors (Lipinski definition) is 11. The van der Waals surface area contributed by atoms with Crippen molar-refractivity contribution in [3.63, 3.8) is 0 Å². The first-order valence-corrected chi connectivity index (χ1v) is 17.6. The predicted molar refractivity (Wildman–Crippen MR) is 191 cm³/mol. The van der Waals surface area contributed by atoms with E-state index in [1.54, 1.807) is 13.0 Å². The van der Waals surface area contributed by atoms with Gasteiger partial charge in [0.1, 0.15) is 11.7 Å². The average Bonchev–Trinajstić information content (AvgIpc) is 3.79. The number of carboxylic acid groups (broad SMARTS) is 3. The molecule has 3 aliphatic heterocycles. The monoisotopic (exact) mass is 741 g/mol. The number of aromatic carboxylic acids is 2. The lowest BCUT2D eigenvalue weighted by Gasteiger charge is -2.34. The van der Waals surface area contributed by atoms with E-state index in [2.05, 4.69) is 33.9 Å². The standard InChI is InChI=1S/C34H39N5O10S2/c1-15-26(25(16(2)40)31(43)39-14-21(50)11-24(39)30(42)37-20-8-4-6-18(10-20)33(46)47)38-27(34(48)49)28(15)51-22-12-23(35-13-22)29(41)36-19-7-3-5-17(9-19)32(44)45/h3-10,15-16,21-26,35,38,40,50H,11-14H2,1-2H3,(H,36,41)(H,37,42)(H,44,45)(H,46,47)(H,48,49)/t15-,16-,21+,22+,23+,24+,25-,26-/m1/s1. The van der Waals surface area contributed by atoms with E-state index in [9.17, 15) is 49.2 Å². The molecule has 3 amide bonds. The molecular formula is C34H39N5O10S2. The van der Waals surface area contributed by atoms with Crippen LogP contribution in [0.4, 0.5) is 11.4 Å². The minimum absolute atomic E-state index is 0.0252. The van der Waals surface area contributed by atoms with Crippen molar-refractivity contribution in [2.75, 3.05) is 23.7 Å². The Balaban J connectivity index is 1.27. The second-order valence-corrected chi connectivity index (χ2v) is 14.9. The van der Waals surface area contributed by atoms with E-state index < -0.39 is 65.8 Å². The summed E-state index contributed by atoms with van der Waals surface area (Å²) < 4.78 is 0. The number of hydrogen-bond donors (Lipinski definition) is 9. The van der Waals surface area contributed by atoms with Crippen LogP contribution in [0.25, 0.3) is 0 Å². The molecule has 0 unspecified atom stereocenters. The van der Waals surface area contributed by atoms with Crippen LogP contribution in [-0.4, -0.2) is 109 Å². The van der Waals surface area contributed by atoms with E-state index in [1.165, 1.54) is 66.1 Å². The summed E-state index contributed by atoms with van der Waals surface area (Å²) >= 11 is 5.79. The SMILES string of the molecule is C[C@@H](O)[C@@H](C(=O)N1C[C@@H](S)C[C@H]1C(=O)Nc1cccc(C(=O)O)c1)[C@@H]1NC(C(=O)O)=C(S[C@@H]2CN[C@H](C(=O)Nc3cccc(C(=O)O)c3)C2)[C@@H]1C. The number of rotatable bonds is 12. The number of aliphatic carboxylic acids is 1. The van der Waals surface area contributed by atoms with Crippen LogP contribution in [0.1, 0.15) is 47.4 Å². The Labute approximate surface area is 302 Å². The number of anilines is 2. The van der Waals surface area contributed by atoms with E-state index in [0.29, 0.717) is 23.6 Å². The molecule has 2 aromatic carbocycles. The van der Waals surface area contributed by atoms with Crippen LogP contribution in [-0.2, 0) is 19.2 Å². The van der Waals surface area contributed by atoms with Crippen molar-refractivity contribution >= 4 is 71.4 Å². The van der Waals surface area contributed by atoms with Crippen molar-refractivity contribution in [1.29, 1.82) is 0 Å². The third-order valence-corrected chi connectivity index (χ3v) is 11.1. The lowest BCUT2D eigenvalue weighted by atomic mass is 9.86. The molecule has 2 fully saturated rings. The minimum Gasteiger partial charge on any atom is -0.478 e. The molecule has 2 saturated heterocycles. The lowest BCUT2D eigenvalue weighted by Crippen LogP contribution is -2.54. The molecule has 0 spiro atoms. The topological polar surface area (TPSA) is 235 Å². The number of benzene rings is 2. The molecule has 17 heteroatoms. The first-order valence-electron chi connectivity index (χ1n) is 16.2. The number of nitrogens with one attached hydrogen (secondary N) is 4. The van der Waals surface area contributed by atoms with E-state index in [0.717, 1.165) is 0 Å². The van der Waals surface area contributed by atoms with Crippen molar-refractivity contribution in [3.05, 3.63) is 70.3 Å². The number of carbonyl (C=O) groups excluding carboxylic acids is 3. The van der Waals surface area contributed by atoms with Gasteiger partial charge in [-0.2, -0.15) is 12.6 Å². The van der Waals surface area contributed by atoms with Crippen LogP contribution >= 0.6 is 24.4 Å². The maximum absolute atomic E-state index is 14.2.